The van der Waals surface area contributed by atoms with E-state index in [4.69, 9.17) is 14.2 Å². The number of nitrogens with zero attached hydrogens (tertiary/aromatic N) is 4. The number of carbonyl (C=O) groups is 2. The topological polar surface area (TPSA) is 141 Å². The monoisotopic (exact) mass is 705 g/mol. The van der Waals surface area contributed by atoms with Crippen molar-refractivity contribution in [2.45, 2.75) is 57.3 Å². The number of anilines is 2. The fraction of sp³-hybridized carbons (Fsp3) is 0.568. The second-order valence-corrected chi connectivity index (χ2v) is 14.1. The Kier molecular flexibility index (Phi) is 11.4. The Bertz CT molecular complexity index is 1720. The Morgan fingerprint density at radius 2 is 1.63 bits per heavy atom. The van der Waals surface area contributed by atoms with E-state index in [0.717, 1.165) is 83.7 Å². The summed E-state index contributed by atoms with van der Waals surface area (Å²) in [7, 11) is 0. The third-order valence-corrected chi connectivity index (χ3v) is 10.5. The summed E-state index contributed by atoms with van der Waals surface area (Å²) in [5.41, 5.74) is 1.80. The molecule has 2 aromatic carbocycles. The summed E-state index contributed by atoms with van der Waals surface area (Å²) in [6.45, 7) is 9.99. The minimum atomic E-state index is -0.638. The molecular weight excluding hydrogens is 657 g/mol. The summed E-state index contributed by atoms with van der Waals surface area (Å²) in [5, 5.41) is 5.57. The van der Waals surface area contributed by atoms with Crippen LogP contribution in [0.25, 0.3) is 10.9 Å². The van der Waals surface area contributed by atoms with Crippen molar-refractivity contribution in [2.24, 2.45) is 5.92 Å². The number of piperazine rings is 1. The van der Waals surface area contributed by atoms with Crippen molar-refractivity contribution in [1.29, 1.82) is 0 Å². The Labute approximate surface area is 296 Å². The fourth-order valence-corrected chi connectivity index (χ4v) is 7.34. The largest absolute Gasteiger partial charge is 0.493 e. The highest BCUT2D eigenvalue weighted by Crippen LogP contribution is 2.25. The molecule has 51 heavy (non-hydrogen) atoms. The van der Waals surface area contributed by atoms with Gasteiger partial charge in [0, 0.05) is 82.4 Å². The number of fused-ring (bicyclic) bond motifs is 1. The molecule has 0 bridgehead atoms. The predicted molar refractivity (Wildman–Crippen MR) is 191 cm³/mol. The molecule has 3 N–H and O–H groups in total. The highest BCUT2D eigenvalue weighted by Gasteiger charge is 2.27. The van der Waals surface area contributed by atoms with Crippen molar-refractivity contribution >= 4 is 34.1 Å². The molecule has 0 saturated carbocycles. The molecule has 4 aliphatic rings. The first-order chi connectivity index (χ1) is 24.9. The number of rotatable bonds is 12. The van der Waals surface area contributed by atoms with Gasteiger partial charge in [0.05, 0.1) is 18.2 Å². The highest BCUT2D eigenvalue weighted by molar-refractivity contribution is 6.01. The number of carbonyl (C=O) groups excluding carboxylic acids is 2. The summed E-state index contributed by atoms with van der Waals surface area (Å²) < 4.78 is 32.3. The van der Waals surface area contributed by atoms with Gasteiger partial charge < -0.3 is 34.3 Å². The summed E-state index contributed by atoms with van der Waals surface area (Å²) in [5.74, 6) is 0.0257. The first-order valence-corrected chi connectivity index (χ1v) is 18.3. The summed E-state index contributed by atoms with van der Waals surface area (Å²) in [6, 6.07) is 10.7. The second-order valence-electron chi connectivity index (χ2n) is 14.1. The van der Waals surface area contributed by atoms with Crippen LogP contribution in [0.2, 0.25) is 0 Å². The summed E-state index contributed by atoms with van der Waals surface area (Å²) in [4.78, 5) is 50.7. The molecule has 4 aliphatic heterocycles. The van der Waals surface area contributed by atoms with Gasteiger partial charge in [0.1, 0.15) is 35.4 Å². The van der Waals surface area contributed by atoms with E-state index < -0.39 is 11.4 Å². The van der Waals surface area contributed by atoms with E-state index in [1.807, 2.05) is 12.1 Å². The van der Waals surface area contributed by atoms with Gasteiger partial charge in [0.25, 0.3) is 5.56 Å². The zero-order valence-electron chi connectivity index (χ0n) is 29.0. The van der Waals surface area contributed by atoms with Crippen LogP contribution in [0.3, 0.4) is 0 Å². The van der Waals surface area contributed by atoms with Gasteiger partial charge in [-0.2, -0.15) is 0 Å². The molecular formula is C37H48FN7O6. The van der Waals surface area contributed by atoms with E-state index in [9.17, 15) is 18.8 Å². The van der Waals surface area contributed by atoms with Gasteiger partial charge in [-0.1, -0.05) is 0 Å². The zero-order chi connectivity index (χ0) is 35.2. The van der Waals surface area contributed by atoms with E-state index in [1.165, 1.54) is 11.8 Å². The predicted octanol–water partition coefficient (Wildman–Crippen LogP) is 2.89. The third kappa shape index (κ3) is 9.23. The normalized spacial score (nSPS) is 21.6. The Morgan fingerprint density at radius 1 is 0.902 bits per heavy atom. The number of halogens is 1. The molecule has 4 saturated heterocycles. The Morgan fingerprint density at radius 3 is 2.35 bits per heavy atom. The number of aromatic nitrogens is 2. The molecule has 1 unspecified atom stereocenters. The number of hydrogen-bond acceptors (Lipinski definition) is 11. The molecule has 4 fully saturated rings. The first kappa shape index (κ1) is 35.3. The van der Waals surface area contributed by atoms with Crippen molar-refractivity contribution in [3.05, 3.63) is 58.4 Å². The van der Waals surface area contributed by atoms with Crippen molar-refractivity contribution in [3.8, 4) is 5.75 Å². The maximum absolute atomic E-state index is 15.0. The minimum Gasteiger partial charge on any atom is -0.493 e. The van der Waals surface area contributed by atoms with E-state index >= 15 is 0 Å². The number of aromatic amines is 1. The number of likely N-dealkylation sites (tertiary alicyclic amines) is 1. The number of piperidine rings is 2. The van der Waals surface area contributed by atoms with Crippen molar-refractivity contribution in [2.75, 3.05) is 82.4 Å². The van der Waals surface area contributed by atoms with Gasteiger partial charge in [-0.15, -0.1) is 0 Å². The van der Waals surface area contributed by atoms with Gasteiger partial charge in [-0.3, -0.25) is 24.6 Å². The molecule has 274 valence electrons. The van der Waals surface area contributed by atoms with Gasteiger partial charge in [0.15, 0.2) is 0 Å². The molecule has 2 amide bonds. The standard InChI is InChI=1S/C37H48FN7O6/c38-30-21-29(22-32-35(30)37(48)41-33(40-32)24-51-28-9-19-49-20-10-28)50-23-25-7-11-43(12-8-25)13-14-44-15-17-45(18-16-44)27-3-1-26(2-4-27)39-31-5-6-34(46)42-36(31)47/h1-4,21-22,25,28,31,39H,5-20,23-24H2,(H,40,41,48)(H,42,46,47). The smallest absolute Gasteiger partial charge is 0.261 e. The van der Waals surface area contributed by atoms with Crippen LogP contribution < -0.4 is 25.8 Å². The number of benzene rings is 2. The Balaban J connectivity index is 0.810. The average molecular weight is 706 g/mol. The maximum atomic E-state index is 15.0. The molecule has 3 aromatic rings. The number of ether oxygens (including phenoxy) is 3. The van der Waals surface area contributed by atoms with E-state index in [1.54, 1.807) is 6.07 Å². The van der Waals surface area contributed by atoms with Crippen LogP contribution in [0, 0.1) is 11.7 Å². The Hall–Kier alpha value is -4.11. The summed E-state index contributed by atoms with van der Waals surface area (Å²) in [6.07, 6.45) is 4.56. The maximum Gasteiger partial charge on any atom is 0.261 e. The number of H-pyrrole nitrogens is 1. The van der Waals surface area contributed by atoms with Crippen molar-refractivity contribution < 1.29 is 28.2 Å². The number of hydrogen-bond donors (Lipinski definition) is 3. The molecule has 14 heteroatoms. The van der Waals surface area contributed by atoms with E-state index in [0.29, 0.717) is 50.2 Å². The van der Waals surface area contributed by atoms with E-state index in [-0.39, 0.29) is 41.5 Å². The highest BCUT2D eigenvalue weighted by atomic mass is 19.1. The molecule has 0 radical (unpaired) electrons. The van der Waals surface area contributed by atoms with Crippen LogP contribution in [0.4, 0.5) is 15.8 Å². The fourth-order valence-electron chi connectivity index (χ4n) is 7.34. The summed E-state index contributed by atoms with van der Waals surface area (Å²) >= 11 is 0. The molecule has 1 atom stereocenters. The minimum absolute atomic E-state index is 0.0595. The molecule has 7 rings (SSSR count). The molecule has 0 spiro atoms. The molecule has 1 aromatic heterocycles. The first-order valence-electron chi connectivity index (χ1n) is 18.3. The van der Waals surface area contributed by atoms with Crippen LogP contribution >= 0.6 is 0 Å². The molecule has 0 aliphatic carbocycles. The van der Waals surface area contributed by atoms with Crippen LogP contribution in [0.1, 0.15) is 44.3 Å². The van der Waals surface area contributed by atoms with Gasteiger partial charge in [0.2, 0.25) is 11.8 Å². The number of imide groups is 1. The van der Waals surface area contributed by atoms with Gasteiger partial charge >= 0.3 is 0 Å². The van der Waals surface area contributed by atoms with Crippen molar-refractivity contribution in [3.63, 3.8) is 0 Å². The molecule has 13 nitrogen and oxygen atoms in total. The van der Waals surface area contributed by atoms with Crippen LogP contribution in [-0.2, 0) is 25.7 Å². The zero-order valence-corrected chi connectivity index (χ0v) is 29.0. The van der Waals surface area contributed by atoms with Gasteiger partial charge in [-0.05, 0) is 75.4 Å². The lowest BCUT2D eigenvalue weighted by Gasteiger charge is -2.38. The van der Waals surface area contributed by atoms with E-state index in [2.05, 4.69) is 47.4 Å². The lowest BCUT2D eigenvalue weighted by Crippen LogP contribution is -2.49. The van der Waals surface area contributed by atoms with Crippen LogP contribution in [-0.4, -0.2) is 116 Å². The van der Waals surface area contributed by atoms with Crippen LogP contribution in [0.5, 0.6) is 5.75 Å². The third-order valence-electron chi connectivity index (χ3n) is 10.5. The lowest BCUT2D eigenvalue weighted by molar-refractivity contribution is -0.133. The lowest BCUT2D eigenvalue weighted by atomic mass is 9.98. The number of amides is 2. The number of nitrogens with one attached hydrogen (secondary N) is 3. The van der Waals surface area contributed by atoms with Crippen molar-refractivity contribution in [1.82, 2.24) is 25.1 Å². The average Bonchev–Trinajstić information content (AvgIpc) is 3.14. The van der Waals surface area contributed by atoms with Crippen LogP contribution in [0.15, 0.2) is 41.2 Å². The molecule has 5 heterocycles. The van der Waals surface area contributed by atoms with Gasteiger partial charge in [-0.25, -0.2) is 9.37 Å². The quantitative estimate of drug-likeness (QED) is 0.240. The second kappa shape index (κ2) is 16.5. The SMILES string of the molecule is O=C1CCC(Nc2ccc(N3CCN(CCN4CCC(COc5cc(F)c6c(=O)[nH]c(COC7CCOCC7)nc6c5)CC4)CC3)cc2)C(=O)N1.